The Hall–Kier alpha value is -0.153. The zero-order chi connectivity index (χ0) is 12.1. The van der Waals surface area contributed by atoms with E-state index in [4.69, 9.17) is 4.43 Å². The molecule has 0 unspecified atom stereocenters. The number of thioether (sulfide) groups is 1. The van der Waals surface area contributed by atoms with Gasteiger partial charge in [-0.3, -0.25) is 0 Å². The van der Waals surface area contributed by atoms with E-state index < -0.39 is 8.32 Å². The summed E-state index contributed by atoms with van der Waals surface area (Å²) in [6.07, 6.45) is 1.93. The molecule has 0 atom stereocenters. The summed E-state index contributed by atoms with van der Waals surface area (Å²) in [6, 6.07) is 0. The van der Waals surface area contributed by atoms with E-state index >= 15 is 0 Å². The number of rotatable bonds is 6. The molecule has 88 valence electrons. The van der Waals surface area contributed by atoms with Gasteiger partial charge in [-0.15, -0.1) is 0 Å². The molecule has 1 nitrogen and oxygen atoms in total. The summed E-state index contributed by atoms with van der Waals surface area (Å²) in [5.74, 6) is 1.53. The topological polar surface area (TPSA) is 9.23 Å². The maximum absolute atomic E-state index is 6.10. The molecule has 0 spiro atoms. The van der Waals surface area contributed by atoms with Gasteiger partial charge in [0, 0.05) is 5.57 Å². The predicted molar refractivity (Wildman–Crippen MR) is 74.6 cm³/mol. The smallest absolute Gasteiger partial charge is 0.242 e. The zero-order valence-corrected chi connectivity index (χ0v) is 12.7. The molecule has 0 rings (SSSR count). The van der Waals surface area contributed by atoms with Crippen molar-refractivity contribution < 1.29 is 4.43 Å². The highest BCUT2D eigenvalue weighted by atomic mass is 32.2. The highest BCUT2D eigenvalue weighted by Crippen LogP contribution is 2.29. The summed E-state index contributed by atoms with van der Waals surface area (Å²) in [4.78, 5) is 0. The van der Waals surface area contributed by atoms with E-state index in [0.29, 0.717) is 5.92 Å². The van der Waals surface area contributed by atoms with Gasteiger partial charge < -0.3 is 4.43 Å². The Morgan fingerprint density at radius 1 is 1.40 bits per heavy atom. The van der Waals surface area contributed by atoms with E-state index in [1.54, 1.807) is 11.8 Å². The van der Waals surface area contributed by atoms with E-state index in [1.165, 1.54) is 5.57 Å². The molecule has 0 aromatic heterocycles. The van der Waals surface area contributed by atoms with Crippen LogP contribution in [-0.4, -0.2) is 14.1 Å². The molecule has 0 saturated heterocycles. The second-order valence-electron chi connectivity index (χ2n) is 4.75. The minimum absolute atomic E-state index is 0.480. The Balaban J connectivity index is 4.97. The van der Waals surface area contributed by atoms with Crippen LogP contribution in [0.15, 0.2) is 23.3 Å². The van der Waals surface area contributed by atoms with Gasteiger partial charge in [-0.05, 0) is 31.3 Å². The van der Waals surface area contributed by atoms with Crippen LogP contribution in [0.25, 0.3) is 0 Å². The van der Waals surface area contributed by atoms with Crippen molar-refractivity contribution in [3.8, 4) is 0 Å². The van der Waals surface area contributed by atoms with Crippen LogP contribution in [0.5, 0.6) is 0 Å². The first-order chi connectivity index (χ1) is 6.81. The fraction of sp³-hybridized carbons (Fsp3) is 0.667. The SMILES string of the molecule is C=C/C(=C(/O[Si](C)(C)C)SCC)C(C)C. The van der Waals surface area contributed by atoms with Crippen LogP contribution in [0.1, 0.15) is 20.8 Å². The van der Waals surface area contributed by atoms with Gasteiger partial charge >= 0.3 is 0 Å². The molecule has 0 saturated carbocycles. The molecule has 0 fully saturated rings. The van der Waals surface area contributed by atoms with Crippen LogP contribution >= 0.6 is 11.8 Å². The summed E-state index contributed by atoms with van der Waals surface area (Å²) < 4.78 is 6.10. The van der Waals surface area contributed by atoms with Crippen molar-refractivity contribution >= 4 is 20.1 Å². The highest BCUT2D eigenvalue weighted by molar-refractivity contribution is 8.02. The van der Waals surface area contributed by atoms with Crippen LogP contribution in [0.3, 0.4) is 0 Å². The van der Waals surface area contributed by atoms with Crippen LogP contribution in [0.4, 0.5) is 0 Å². The first-order valence-corrected chi connectivity index (χ1v) is 9.89. The third-order valence-electron chi connectivity index (χ3n) is 1.75. The molecule has 0 bridgehead atoms. The van der Waals surface area contributed by atoms with E-state index in [0.717, 1.165) is 10.8 Å². The molecule has 3 heteroatoms. The van der Waals surface area contributed by atoms with Crippen LogP contribution in [0.2, 0.25) is 19.6 Å². The van der Waals surface area contributed by atoms with Crippen molar-refractivity contribution in [3.05, 3.63) is 23.3 Å². The molecule has 0 aliphatic carbocycles. The lowest BCUT2D eigenvalue weighted by Crippen LogP contribution is -2.25. The van der Waals surface area contributed by atoms with Gasteiger partial charge in [0.2, 0.25) is 8.32 Å². The number of hydrogen-bond donors (Lipinski definition) is 0. The maximum Gasteiger partial charge on any atom is 0.242 e. The van der Waals surface area contributed by atoms with E-state index in [9.17, 15) is 0 Å². The normalized spacial score (nSPS) is 13.8. The molecule has 0 amide bonds. The zero-order valence-electron chi connectivity index (χ0n) is 10.9. The van der Waals surface area contributed by atoms with Gasteiger partial charge in [0.1, 0.15) is 5.09 Å². The lowest BCUT2D eigenvalue weighted by Gasteiger charge is -2.24. The summed E-state index contributed by atoms with van der Waals surface area (Å²) in [6.45, 7) is 17.0. The van der Waals surface area contributed by atoms with Gasteiger partial charge in [-0.1, -0.05) is 45.2 Å². The summed E-state index contributed by atoms with van der Waals surface area (Å²) in [5.41, 5.74) is 1.24. The molecule has 0 aromatic carbocycles. The fourth-order valence-electron chi connectivity index (χ4n) is 1.14. The van der Waals surface area contributed by atoms with Crippen LogP contribution < -0.4 is 0 Å². The predicted octanol–water partition coefficient (Wildman–Crippen LogP) is 4.64. The Bertz CT molecular complexity index is 238. The molecule has 0 aliphatic rings. The average molecular weight is 244 g/mol. The van der Waals surface area contributed by atoms with Crippen molar-refractivity contribution in [1.82, 2.24) is 0 Å². The number of hydrogen-bond acceptors (Lipinski definition) is 2. The van der Waals surface area contributed by atoms with Gasteiger partial charge in [0.25, 0.3) is 0 Å². The summed E-state index contributed by atoms with van der Waals surface area (Å²) in [7, 11) is -1.51. The molecular weight excluding hydrogens is 220 g/mol. The van der Waals surface area contributed by atoms with Gasteiger partial charge in [-0.2, -0.15) is 0 Å². The minimum atomic E-state index is -1.51. The lowest BCUT2D eigenvalue weighted by molar-refractivity contribution is 0.452. The van der Waals surface area contributed by atoms with Gasteiger partial charge in [0.05, 0.1) is 0 Å². The van der Waals surface area contributed by atoms with E-state index in [2.05, 4.69) is 47.0 Å². The molecule has 0 N–H and O–H groups in total. The molecule has 0 aliphatic heterocycles. The fourth-order valence-corrected chi connectivity index (χ4v) is 3.54. The largest absolute Gasteiger partial charge is 0.540 e. The third kappa shape index (κ3) is 6.10. The van der Waals surface area contributed by atoms with E-state index in [-0.39, 0.29) is 0 Å². The number of allylic oxidation sites excluding steroid dienone is 2. The Kier molecular flexibility index (Phi) is 6.37. The lowest BCUT2D eigenvalue weighted by atomic mass is 10.1. The van der Waals surface area contributed by atoms with Crippen molar-refractivity contribution in [2.24, 2.45) is 5.92 Å². The first-order valence-electron chi connectivity index (χ1n) is 5.50. The molecule has 0 aromatic rings. The van der Waals surface area contributed by atoms with Gasteiger partial charge in [0.15, 0.2) is 0 Å². The Morgan fingerprint density at radius 3 is 2.20 bits per heavy atom. The first kappa shape index (κ1) is 14.8. The summed E-state index contributed by atoms with van der Waals surface area (Å²) >= 11 is 1.79. The van der Waals surface area contributed by atoms with Crippen molar-refractivity contribution in [3.63, 3.8) is 0 Å². The van der Waals surface area contributed by atoms with Crippen LogP contribution in [-0.2, 0) is 4.43 Å². The molecule has 0 radical (unpaired) electrons. The maximum atomic E-state index is 6.10. The van der Waals surface area contributed by atoms with Gasteiger partial charge in [-0.25, -0.2) is 0 Å². The monoisotopic (exact) mass is 244 g/mol. The van der Waals surface area contributed by atoms with E-state index in [1.807, 2.05) is 6.08 Å². The minimum Gasteiger partial charge on any atom is -0.540 e. The van der Waals surface area contributed by atoms with Crippen molar-refractivity contribution in [2.75, 3.05) is 5.75 Å². The second-order valence-corrected chi connectivity index (χ2v) is 10.4. The Morgan fingerprint density at radius 2 is 1.93 bits per heavy atom. The highest BCUT2D eigenvalue weighted by Gasteiger charge is 2.20. The third-order valence-corrected chi connectivity index (χ3v) is 3.59. The van der Waals surface area contributed by atoms with Crippen molar-refractivity contribution in [1.29, 1.82) is 0 Å². The molecule has 0 heterocycles. The van der Waals surface area contributed by atoms with Crippen molar-refractivity contribution in [2.45, 2.75) is 40.4 Å². The van der Waals surface area contributed by atoms with Crippen LogP contribution in [0, 0.1) is 5.92 Å². The molecule has 15 heavy (non-hydrogen) atoms. The second kappa shape index (κ2) is 6.43. The standard InChI is InChI=1S/C12H24OSSi/c1-8-11(10(3)4)12(14-9-2)13-15(5,6)7/h8,10H,1,9H2,2-7H3/b12-11+. The average Bonchev–Trinajstić information content (AvgIpc) is 2.01. The molecular formula is C12H24OSSi. The quantitative estimate of drug-likeness (QED) is 0.382. The Labute approximate surface area is 100 Å². The summed E-state index contributed by atoms with van der Waals surface area (Å²) in [5, 5.41) is 1.08.